The Morgan fingerprint density at radius 2 is 2.00 bits per heavy atom. The molecule has 0 aliphatic carbocycles. The van der Waals surface area contributed by atoms with Crippen LogP contribution in [0.3, 0.4) is 0 Å². The molecule has 0 aliphatic heterocycles. The van der Waals surface area contributed by atoms with E-state index in [1.165, 1.54) is 0 Å². The molecule has 104 valence electrons. The second kappa shape index (κ2) is 8.42. The van der Waals surface area contributed by atoms with E-state index in [0.29, 0.717) is 12.1 Å². The maximum Gasteiger partial charge on any atom is 0.330 e. The van der Waals surface area contributed by atoms with Gasteiger partial charge in [-0.05, 0) is 24.0 Å². The van der Waals surface area contributed by atoms with Gasteiger partial charge in [-0.2, -0.15) is 11.8 Å². The fourth-order valence-corrected chi connectivity index (χ4v) is 1.97. The zero-order chi connectivity index (χ0) is 14.1. The number of hydrogen-bond donors (Lipinski definition) is 3. The van der Waals surface area contributed by atoms with E-state index in [-0.39, 0.29) is 0 Å². The van der Waals surface area contributed by atoms with Crippen molar-refractivity contribution >= 4 is 23.8 Å². The highest BCUT2D eigenvalue weighted by atomic mass is 32.2. The van der Waals surface area contributed by atoms with E-state index in [1.807, 2.05) is 6.26 Å². The Hall–Kier alpha value is -1.69. The molecule has 0 saturated heterocycles. The third-order valence-corrected chi connectivity index (χ3v) is 3.16. The number of rotatable bonds is 7. The number of nitrogens with one attached hydrogen (secondary N) is 2. The van der Waals surface area contributed by atoms with Gasteiger partial charge < -0.3 is 15.7 Å². The maximum absolute atomic E-state index is 11.6. The van der Waals surface area contributed by atoms with E-state index >= 15 is 0 Å². The van der Waals surface area contributed by atoms with Gasteiger partial charge in [-0.3, -0.25) is 0 Å². The lowest BCUT2D eigenvalue weighted by molar-refractivity contribution is -0.139. The van der Waals surface area contributed by atoms with Crippen molar-refractivity contribution < 1.29 is 14.7 Å². The summed E-state index contributed by atoms with van der Waals surface area (Å²) in [6, 6.07) is 7.14. The Kier molecular flexibility index (Phi) is 6.81. The maximum atomic E-state index is 11.6. The van der Waals surface area contributed by atoms with Gasteiger partial charge in [0.2, 0.25) is 0 Å². The van der Waals surface area contributed by atoms with Crippen LogP contribution in [0.1, 0.15) is 18.0 Å². The summed E-state index contributed by atoms with van der Waals surface area (Å²) < 4.78 is 0. The fourth-order valence-electron chi connectivity index (χ4n) is 1.53. The topological polar surface area (TPSA) is 78.4 Å². The summed E-state index contributed by atoms with van der Waals surface area (Å²) in [7, 11) is 0. The molecule has 0 saturated carbocycles. The molecule has 1 aromatic rings. The Morgan fingerprint density at radius 3 is 2.58 bits per heavy atom. The number of urea groups is 1. The molecule has 0 heterocycles. The Morgan fingerprint density at radius 1 is 1.32 bits per heavy atom. The van der Waals surface area contributed by atoms with Crippen molar-refractivity contribution in [2.45, 2.75) is 12.5 Å². The van der Waals surface area contributed by atoms with Gasteiger partial charge in [-0.15, -0.1) is 0 Å². The van der Waals surface area contributed by atoms with E-state index in [2.05, 4.69) is 10.6 Å². The molecule has 5 nitrogen and oxygen atoms in total. The monoisotopic (exact) mass is 282 g/mol. The highest BCUT2D eigenvalue weighted by Gasteiger charge is 2.21. The van der Waals surface area contributed by atoms with Crippen LogP contribution < -0.4 is 10.6 Å². The van der Waals surface area contributed by atoms with E-state index in [4.69, 9.17) is 5.11 Å². The molecule has 3 N–H and O–H groups in total. The molecular formula is C13H18N2O3S. The summed E-state index contributed by atoms with van der Waals surface area (Å²) in [4.78, 5) is 22.8. The minimum absolute atomic E-state index is 0.461. The molecule has 1 aromatic carbocycles. The van der Waals surface area contributed by atoms with E-state index in [0.717, 1.165) is 12.2 Å². The fraction of sp³-hybridized carbons (Fsp3) is 0.385. The third kappa shape index (κ3) is 5.65. The lowest BCUT2D eigenvalue weighted by Gasteiger charge is -2.15. The molecule has 2 amide bonds. The number of carbonyl (C=O) groups excluding carboxylic acids is 1. The third-order valence-electron chi connectivity index (χ3n) is 2.47. The zero-order valence-corrected chi connectivity index (χ0v) is 11.6. The van der Waals surface area contributed by atoms with Crippen molar-refractivity contribution in [1.29, 1.82) is 0 Å². The molecule has 6 heteroatoms. The van der Waals surface area contributed by atoms with Crippen molar-refractivity contribution in [3.8, 4) is 0 Å². The SMILES string of the molecule is CSCCCNC(=O)N[C@H](C(=O)O)c1ccccc1. The molecule has 0 aliphatic rings. The molecule has 1 atom stereocenters. The van der Waals surface area contributed by atoms with E-state index in [1.54, 1.807) is 42.1 Å². The van der Waals surface area contributed by atoms with Crippen LogP contribution in [-0.2, 0) is 4.79 Å². The smallest absolute Gasteiger partial charge is 0.330 e. The molecule has 0 fully saturated rings. The standard InChI is InChI=1S/C13H18N2O3S/c1-19-9-5-8-14-13(18)15-11(12(16)17)10-6-3-2-4-7-10/h2-4,6-7,11H,5,8-9H2,1H3,(H,16,17)(H2,14,15,18)/t11-/m0/s1. The number of hydrogen-bond acceptors (Lipinski definition) is 3. The van der Waals surface area contributed by atoms with Crippen LogP contribution in [-0.4, -0.2) is 35.7 Å². The van der Waals surface area contributed by atoms with Crippen LogP contribution >= 0.6 is 11.8 Å². The first kappa shape index (κ1) is 15.4. The number of carbonyl (C=O) groups is 2. The minimum Gasteiger partial charge on any atom is -0.479 e. The molecule has 0 bridgehead atoms. The van der Waals surface area contributed by atoms with E-state index < -0.39 is 18.0 Å². The van der Waals surface area contributed by atoms with Gasteiger partial charge in [0.25, 0.3) is 0 Å². The molecular weight excluding hydrogens is 264 g/mol. The van der Waals surface area contributed by atoms with Crippen LogP contribution in [0.4, 0.5) is 4.79 Å². The lowest BCUT2D eigenvalue weighted by atomic mass is 10.1. The number of amides is 2. The average Bonchev–Trinajstić information content (AvgIpc) is 2.41. The second-order valence-electron chi connectivity index (χ2n) is 3.93. The summed E-state index contributed by atoms with van der Waals surface area (Å²) in [6.07, 6.45) is 2.85. The van der Waals surface area contributed by atoms with Gasteiger partial charge in [-0.25, -0.2) is 9.59 Å². The Labute approximate surface area is 116 Å². The average molecular weight is 282 g/mol. The molecule has 0 spiro atoms. The van der Waals surface area contributed by atoms with Crippen molar-refractivity contribution in [2.75, 3.05) is 18.6 Å². The normalized spacial score (nSPS) is 11.6. The van der Waals surface area contributed by atoms with Gasteiger partial charge in [0.15, 0.2) is 6.04 Å². The van der Waals surface area contributed by atoms with Gasteiger partial charge >= 0.3 is 12.0 Å². The summed E-state index contributed by atoms with van der Waals surface area (Å²) in [6.45, 7) is 0.536. The quantitative estimate of drug-likeness (QED) is 0.667. The Balaban J connectivity index is 2.51. The van der Waals surface area contributed by atoms with Gasteiger partial charge in [0, 0.05) is 6.54 Å². The summed E-state index contributed by atoms with van der Waals surface area (Å²) in [5.74, 6) is -0.119. The van der Waals surface area contributed by atoms with Crippen molar-refractivity contribution in [3.63, 3.8) is 0 Å². The number of thioether (sulfide) groups is 1. The first-order valence-corrected chi connectivity index (χ1v) is 7.35. The predicted octanol–water partition coefficient (Wildman–Crippen LogP) is 1.86. The molecule has 0 unspecified atom stereocenters. The van der Waals surface area contributed by atoms with Gasteiger partial charge in [0.1, 0.15) is 0 Å². The lowest BCUT2D eigenvalue weighted by Crippen LogP contribution is -2.41. The van der Waals surface area contributed by atoms with Crippen LogP contribution in [0.2, 0.25) is 0 Å². The highest BCUT2D eigenvalue weighted by Crippen LogP contribution is 2.12. The largest absolute Gasteiger partial charge is 0.479 e. The predicted molar refractivity (Wildman–Crippen MR) is 76.4 cm³/mol. The summed E-state index contributed by atoms with van der Waals surface area (Å²) >= 11 is 1.70. The van der Waals surface area contributed by atoms with Gasteiger partial charge in [0.05, 0.1) is 0 Å². The van der Waals surface area contributed by atoms with Crippen LogP contribution in [0, 0.1) is 0 Å². The number of carboxylic acids is 1. The molecule has 0 radical (unpaired) electrons. The summed E-state index contributed by atoms with van der Waals surface area (Å²) in [5.41, 5.74) is 0.550. The number of aliphatic carboxylic acids is 1. The van der Waals surface area contributed by atoms with Crippen LogP contribution in [0.5, 0.6) is 0 Å². The van der Waals surface area contributed by atoms with Crippen molar-refractivity contribution in [2.24, 2.45) is 0 Å². The summed E-state index contributed by atoms with van der Waals surface area (Å²) in [5, 5.41) is 14.2. The minimum atomic E-state index is -1.08. The highest BCUT2D eigenvalue weighted by molar-refractivity contribution is 7.98. The van der Waals surface area contributed by atoms with Crippen molar-refractivity contribution in [3.05, 3.63) is 35.9 Å². The van der Waals surface area contributed by atoms with Gasteiger partial charge in [-0.1, -0.05) is 30.3 Å². The van der Waals surface area contributed by atoms with E-state index in [9.17, 15) is 9.59 Å². The molecule has 19 heavy (non-hydrogen) atoms. The number of benzene rings is 1. The second-order valence-corrected chi connectivity index (χ2v) is 4.91. The Bertz CT molecular complexity index is 412. The first-order valence-electron chi connectivity index (χ1n) is 5.96. The number of carboxylic acid groups (broad SMARTS) is 1. The molecule has 0 aromatic heterocycles. The molecule has 1 rings (SSSR count). The van der Waals surface area contributed by atoms with Crippen LogP contribution in [0.15, 0.2) is 30.3 Å². The van der Waals surface area contributed by atoms with Crippen molar-refractivity contribution in [1.82, 2.24) is 10.6 Å². The van der Waals surface area contributed by atoms with Crippen LogP contribution in [0.25, 0.3) is 0 Å². The zero-order valence-electron chi connectivity index (χ0n) is 10.8. The first-order chi connectivity index (χ1) is 9.15.